The first-order valence-corrected chi connectivity index (χ1v) is 11.0. The van der Waals surface area contributed by atoms with Crippen LogP contribution in [0.15, 0.2) is 72.8 Å². The fraction of sp³-hybridized carbons (Fsp3) is 0.286. The maximum absolute atomic E-state index is 5.80. The van der Waals surface area contributed by atoms with Gasteiger partial charge in [-0.15, -0.1) is 0 Å². The molecular weight excluding hydrogens is 364 g/mol. The number of nitrogens with two attached hydrogens (primary N) is 1. The summed E-state index contributed by atoms with van der Waals surface area (Å²) in [5.41, 5.74) is 14.9. The Labute approximate surface area is 180 Å². The zero-order valence-electron chi connectivity index (χ0n) is 18.3. The van der Waals surface area contributed by atoms with Gasteiger partial charge in [0, 0.05) is 16.5 Å². The second-order valence-electron chi connectivity index (χ2n) is 9.15. The lowest BCUT2D eigenvalue weighted by Gasteiger charge is -2.19. The van der Waals surface area contributed by atoms with Crippen molar-refractivity contribution in [3.8, 4) is 22.4 Å². The molecule has 3 N–H and O–H groups in total. The van der Waals surface area contributed by atoms with Crippen LogP contribution in [0.4, 0.5) is 0 Å². The van der Waals surface area contributed by atoms with Gasteiger partial charge < -0.3 is 10.7 Å². The molecule has 0 spiro atoms. The topological polar surface area (TPSA) is 41.8 Å². The normalized spacial score (nSPS) is 11.9. The summed E-state index contributed by atoms with van der Waals surface area (Å²) in [5.74, 6) is 0. The molecule has 2 heteroatoms. The Balaban J connectivity index is 1.92. The van der Waals surface area contributed by atoms with E-state index in [0.717, 1.165) is 25.8 Å². The Kier molecular flexibility index (Phi) is 5.78. The van der Waals surface area contributed by atoms with Crippen molar-refractivity contribution in [1.29, 1.82) is 0 Å². The molecule has 30 heavy (non-hydrogen) atoms. The highest BCUT2D eigenvalue weighted by atomic mass is 14.7. The number of H-pyrrole nitrogens is 1. The van der Waals surface area contributed by atoms with Crippen molar-refractivity contribution in [2.45, 2.75) is 45.4 Å². The third-order valence-electron chi connectivity index (χ3n) is 5.93. The van der Waals surface area contributed by atoms with Crippen molar-refractivity contribution in [3.05, 3.63) is 83.9 Å². The van der Waals surface area contributed by atoms with Gasteiger partial charge in [0.05, 0.1) is 5.69 Å². The van der Waals surface area contributed by atoms with E-state index in [0.29, 0.717) is 0 Å². The van der Waals surface area contributed by atoms with Crippen molar-refractivity contribution >= 4 is 10.9 Å². The minimum Gasteiger partial charge on any atom is -0.354 e. The molecule has 0 fully saturated rings. The van der Waals surface area contributed by atoms with Crippen molar-refractivity contribution in [2.75, 3.05) is 6.54 Å². The number of aryl methyl sites for hydroxylation is 1. The van der Waals surface area contributed by atoms with Crippen LogP contribution in [-0.4, -0.2) is 11.5 Å². The van der Waals surface area contributed by atoms with Gasteiger partial charge >= 0.3 is 0 Å². The molecule has 1 heterocycles. The average Bonchev–Trinajstić information content (AvgIpc) is 3.12. The molecule has 4 aromatic rings. The second-order valence-corrected chi connectivity index (χ2v) is 9.15. The average molecular weight is 397 g/mol. The second kappa shape index (κ2) is 8.49. The lowest BCUT2D eigenvalue weighted by atomic mass is 9.85. The van der Waals surface area contributed by atoms with Crippen molar-refractivity contribution in [3.63, 3.8) is 0 Å². The zero-order chi connectivity index (χ0) is 21.1. The molecule has 0 radical (unpaired) electrons. The number of benzene rings is 3. The van der Waals surface area contributed by atoms with E-state index >= 15 is 0 Å². The van der Waals surface area contributed by atoms with Gasteiger partial charge in [0.15, 0.2) is 0 Å². The smallest absolute Gasteiger partial charge is 0.0503 e. The Morgan fingerprint density at radius 1 is 0.800 bits per heavy atom. The number of rotatable bonds is 6. The summed E-state index contributed by atoms with van der Waals surface area (Å²) >= 11 is 0. The SMILES string of the molecule is CC(C)(C)c1ccc2[nH]c(-c3ccccc3-c3ccccc3)c(CCCCN)c2c1. The van der Waals surface area contributed by atoms with E-state index in [4.69, 9.17) is 5.73 Å². The van der Waals surface area contributed by atoms with Crippen molar-refractivity contribution in [2.24, 2.45) is 5.73 Å². The van der Waals surface area contributed by atoms with E-state index < -0.39 is 0 Å². The Hall–Kier alpha value is -2.84. The molecule has 3 aromatic carbocycles. The number of hydrogen-bond donors (Lipinski definition) is 2. The number of aromatic nitrogens is 1. The van der Waals surface area contributed by atoms with Gasteiger partial charge in [0.2, 0.25) is 0 Å². The predicted molar refractivity (Wildman–Crippen MR) is 130 cm³/mol. The maximum atomic E-state index is 5.80. The van der Waals surface area contributed by atoms with Gasteiger partial charge in [-0.2, -0.15) is 0 Å². The molecule has 0 aliphatic rings. The number of fused-ring (bicyclic) bond motifs is 1. The maximum Gasteiger partial charge on any atom is 0.0503 e. The van der Waals surface area contributed by atoms with Crippen molar-refractivity contribution in [1.82, 2.24) is 4.98 Å². The Bertz CT molecular complexity index is 1130. The number of unbranched alkanes of at least 4 members (excludes halogenated alkanes) is 1. The first-order valence-electron chi connectivity index (χ1n) is 11.0. The van der Waals surface area contributed by atoms with Crippen LogP contribution in [0.2, 0.25) is 0 Å². The molecule has 0 bridgehead atoms. The quantitative estimate of drug-likeness (QED) is 0.336. The van der Waals surface area contributed by atoms with Gasteiger partial charge in [-0.1, -0.05) is 81.4 Å². The van der Waals surface area contributed by atoms with Crippen LogP contribution in [0.3, 0.4) is 0 Å². The van der Waals surface area contributed by atoms with Crippen LogP contribution in [-0.2, 0) is 11.8 Å². The van der Waals surface area contributed by atoms with Crippen LogP contribution in [0.5, 0.6) is 0 Å². The summed E-state index contributed by atoms with van der Waals surface area (Å²) in [6.45, 7) is 7.58. The van der Waals surface area contributed by atoms with E-state index in [1.807, 2.05) is 0 Å². The summed E-state index contributed by atoms with van der Waals surface area (Å²) in [7, 11) is 0. The lowest BCUT2D eigenvalue weighted by molar-refractivity contribution is 0.591. The molecule has 0 unspecified atom stereocenters. The van der Waals surface area contributed by atoms with Gasteiger partial charge in [0.1, 0.15) is 0 Å². The van der Waals surface area contributed by atoms with Crippen LogP contribution in [0, 0.1) is 0 Å². The summed E-state index contributed by atoms with van der Waals surface area (Å²) in [6, 6.07) is 26.3. The molecule has 1 aromatic heterocycles. The summed E-state index contributed by atoms with van der Waals surface area (Å²) in [6.07, 6.45) is 3.18. The minimum absolute atomic E-state index is 0.127. The standard InChI is InChI=1S/C28H32N2/c1-28(2,3)21-16-17-26-25(19-21)24(15-9-10-18-29)27(30-26)23-14-8-7-13-22(23)20-11-5-4-6-12-20/h4-8,11-14,16-17,19,30H,9-10,15,18,29H2,1-3H3. The van der Waals surface area contributed by atoms with Gasteiger partial charge in [-0.3, -0.25) is 0 Å². The van der Waals surface area contributed by atoms with Crippen LogP contribution >= 0.6 is 0 Å². The van der Waals surface area contributed by atoms with E-state index in [-0.39, 0.29) is 5.41 Å². The largest absolute Gasteiger partial charge is 0.354 e. The Morgan fingerprint density at radius 3 is 2.20 bits per heavy atom. The van der Waals surface area contributed by atoms with E-state index in [9.17, 15) is 0 Å². The monoisotopic (exact) mass is 396 g/mol. The molecule has 2 nitrogen and oxygen atoms in total. The van der Waals surface area contributed by atoms with E-state index in [1.165, 1.54) is 44.4 Å². The van der Waals surface area contributed by atoms with Crippen LogP contribution < -0.4 is 5.73 Å². The van der Waals surface area contributed by atoms with Crippen LogP contribution in [0.25, 0.3) is 33.3 Å². The number of hydrogen-bond acceptors (Lipinski definition) is 1. The fourth-order valence-electron chi connectivity index (χ4n) is 4.22. The number of nitrogens with one attached hydrogen (secondary N) is 1. The molecule has 0 saturated carbocycles. The first-order chi connectivity index (χ1) is 14.5. The summed E-state index contributed by atoms with van der Waals surface area (Å²) in [4.78, 5) is 3.76. The lowest BCUT2D eigenvalue weighted by Crippen LogP contribution is -2.10. The van der Waals surface area contributed by atoms with E-state index in [1.54, 1.807) is 0 Å². The minimum atomic E-state index is 0.127. The van der Waals surface area contributed by atoms with Crippen molar-refractivity contribution < 1.29 is 0 Å². The summed E-state index contributed by atoms with van der Waals surface area (Å²) in [5, 5.41) is 1.34. The number of aromatic amines is 1. The highest BCUT2D eigenvalue weighted by Gasteiger charge is 2.19. The molecule has 0 aliphatic heterocycles. The highest BCUT2D eigenvalue weighted by Crippen LogP contribution is 2.38. The van der Waals surface area contributed by atoms with E-state index in [2.05, 4.69) is 98.6 Å². The summed E-state index contributed by atoms with van der Waals surface area (Å²) < 4.78 is 0. The van der Waals surface area contributed by atoms with Crippen LogP contribution in [0.1, 0.15) is 44.7 Å². The zero-order valence-corrected chi connectivity index (χ0v) is 18.3. The van der Waals surface area contributed by atoms with Gasteiger partial charge in [-0.25, -0.2) is 0 Å². The molecule has 4 rings (SSSR count). The molecule has 0 atom stereocenters. The predicted octanol–water partition coefficient (Wildman–Crippen LogP) is 7.08. The molecule has 0 aliphatic carbocycles. The fourth-order valence-corrected chi connectivity index (χ4v) is 4.22. The van der Waals surface area contributed by atoms with Gasteiger partial charge in [0.25, 0.3) is 0 Å². The third kappa shape index (κ3) is 4.06. The molecular formula is C28H32N2. The molecule has 0 amide bonds. The molecule has 154 valence electrons. The Morgan fingerprint density at radius 2 is 1.50 bits per heavy atom. The third-order valence-corrected chi connectivity index (χ3v) is 5.93. The van der Waals surface area contributed by atoms with Gasteiger partial charge in [-0.05, 0) is 65.6 Å². The highest BCUT2D eigenvalue weighted by molar-refractivity contribution is 5.95. The first kappa shape index (κ1) is 20.4. The molecule has 0 saturated heterocycles.